The van der Waals surface area contributed by atoms with Gasteiger partial charge in [-0.25, -0.2) is 18.5 Å². The Balaban J connectivity index is 1.54. The highest BCUT2D eigenvalue weighted by Crippen LogP contribution is 2.52. The van der Waals surface area contributed by atoms with Crippen molar-refractivity contribution >= 4 is 15.9 Å². The topological polar surface area (TPSA) is 85.4 Å². The van der Waals surface area contributed by atoms with Crippen molar-refractivity contribution in [1.82, 2.24) is 9.71 Å². The highest BCUT2D eigenvalue weighted by Gasteiger charge is 2.55. The van der Waals surface area contributed by atoms with Crippen LogP contribution in [-0.2, 0) is 14.8 Å². The van der Waals surface area contributed by atoms with E-state index in [0.717, 1.165) is 23.8 Å². The largest absolute Gasteiger partial charge is 0.477 e. The minimum Gasteiger partial charge on any atom is -0.477 e. The summed E-state index contributed by atoms with van der Waals surface area (Å²) >= 11 is 0. The average molecular weight is 440 g/mol. The number of nitrogens with one attached hydrogen (secondary N) is 1. The van der Waals surface area contributed by atoms with E-state index < -0.39 is 44.3 Å². The number of benzene rings is 1. The van der Waals surface area contributed by atoms with Gasteiger partial charge >= 0.3 is 0 Å². The van der Waals surface area contributed by atoms with Gasteiger partial charge in [0.25, 0.3) is 15.9 Å². The van der Waals surface area contributed by atoms with E-state index in [1.807, 2.05) is 4.72 Å². The molecular formula is C20H19F3N2O4S. The van der Waals surface area contributed by atoms with E-state index in [1.165, 1.54) is 0 Å². The normalized spacial score (nSPS) is 19.6. The van der Waals surface area contributed by atoms with E-state index in [-0.39, 0.29) is 25.7 Å². The molecule has 1 aromatic heterocycles. The monoisotopic (exact) mass is 440 g/mol. The summed E-state index contributed by atoms with van der Waals surface area (Å²) in [6, 6.07) is 8.34. The number of aromatic nitrogens is 1. The molecule has 1 amide bonds. The Labute approximate surface area is 171 Å². The highest BCUT2D eigenvalue weighted by molar-refractivity contribution is 7.90. The summed E-state index contributed by atoms with van der Waals surface area (Å²) in [7, 11) is -4.39. The van der Waals surface area contributed by atoms with Crippen LogP contribution in [0.2, 0.25) is 0 Å². The number of carbonyl (C=O) groups is 1. The van der Waals surface area contributed by atoms with Crippen LogP contribution in [0.4, 0.5) is 13.2 Å². The third kappa shape index (κ3) is 4.00. The van der Waals surface area contributed by atoms with Crippen molar-refractivity contribution in [2.45, 2.75) is 55.1 Å². The summed E-state index contributed by atoms with van der Waals surface area (Å²) in [5.74, 6) is -4.71. The quantitative estimate of drug-likeness (QED) is 0.696. The Kier molecular flexibility index (Phi) is 4.80. The second-order valence-electron chi connectivity index (χ2n) is 7.83. The number of ether oxygens (including phenoxy) is 1. The fourth-order valence-corrected chi connectivity index (χ4v) is 4.45. The molecule has 6 nitrogen and oxygen atoms in total. The molecule has 0 saturated heterocycles. The number of pyridine rings is 1. The Bertz CT molecular complexity index is 1110. The first-order chi connectivity index (χ1) is 14.0. The molecule has 0 bridgehead atoms. The van der Waals surface area contributed by atoms with Crippen LogP contribution in [0.3, 0.4) is 0 Å². The lowest BCUT2D eigenvalue weighted by Gasteiger charge is -2.36. The highest BCUT2D eigenvalue weighted by atomic mass is 32.2. The second kappa shape index (κ2) is 6.97. The standard InChI is InChI=1S/C20H19F3N2O4S/c1-12-5-6-14(13-10-20(22,23)11-13)15(9-12)29-19(7-8-19)18(26)25-30(27,28)17-4-2-3-16(21)24-17/h2-6,9,13H,7-8,10-11H2,1H3,(H,25,26). The van der Waals surface area contributed by atoms with Crippen molar-refractivity contribution in [2.75, 3.05) is 0 Å². The molecule has 2 aliphatic rings. The predicted octanol–water partition coefficient (Wildman–Crippen LogP) is 3.46. The van der Waals surface area contributed by atoms with E-state index in [2.05, 4.69) is 4.98 Å². The number of aryl methyl sites for hydroxylation is 1. The van der Waals surface area contributed by atoms with Crippen LogP contribution in [0.5, 0.6) is 5.75 Å². The van der Waals surface area contributed by atoms with Gasteiger partial charge in [0, 0.05) is 25.7 Å². The molecule has 0 atom stereocenters. The molecule has 0 radical (unpaired) electrons. The Morgan fingerprint density at radius 3 is 2.50 bits per heavy atom. The third-order valence-electron chi connectivity index (χ3n) is 5.31. The molecule has 0 unspecified atom stereocenters. The molecular weight excluding hydrogens is 421 g/mol. The van der Waals surface area contributed by atoms with Gasteiger partial charge in [-0.05, 0) is 42.2 Å². The molecule has 1 aromatic carbocycles. The maximum absolute atomic E-state index is 13.3. The van der Waals surface area contributed by atoms with Gasteiger partial charge in [0.05, 0.1) is 0 Å². The minimum absolute atomic E-state index is 0.263. The summed E-state index contributed by atoms with van der Waals surface area (Å²) in [6.45, 7) is 1.80. The number of sulfonamides is 1. The van der Waals surface area contributed by atoms with Crippen molar-refractivity contribution in [3.63, 3.8) is 0 Å². The predicted molar refractivity (Wildman–Crippen MR) is 100 cm³/mol. The lowest BCUT2D eigenvalue weighted by atomic mass is 9.76. The van der Waals surface area contributed by atoms with Gasteiger partial charge in [0.15, 0.2) is 10.6 Å². The van der Waals surface area contributed by atoms with E-state index in [1.54, 1.807) is 25.1 Å². The molecule has 2 saturated carbocycles. The zero-order valence-electron chi connectivity index (χ0n) is 16.0. The van der Waals surface area contributed by atoms with E-state index in [9.17, 15) is 26.4 Å². The van der Waals surface area contributed by atoms with Crippen LogP contribution in [0.1, 0.15) is 42.7 Å². The van der Waals surface area contributed by atoms with Crippen LogP contribution in [0.25, 0.3) is 0 Å². The summed E-state index contributed by atoms with van der Waals surface area (Å²) in [5.41, 5.74) is -0.0391. The summed E-state index contributed by atoms with van der Waals surface area (Å²) in [6.07, 6.45) is -0.0746. The lowest BCUT2D eigenvalue weighted by Crippen LogP contribution is -2.44. The third-order valence-corrected chi connectivity index (χ3v) is 6.55. The molecule has 0 aliphatic heterocycles. The maximum atomic E-state index is 13.3. The van der Waals surface area contributed by atoms with Crippen LogP contribution < -0.4 is 9.46 Å². The van der Waals surface area contributed by atoms with E-state index >= 15 is 0 Å². The first-order valence-electron chi connectivity index (χ1n) is 9.37. The minimum atomic E-state index is -4.39. The molecule has 2 aliphatic carbocycles. The molecule has 2 aromatic rings. The van der Waals surface area contributed by atoms with Crippen molar-refractivity contribution in [3.8, 4) is 5.75 Å². The first-order valence-corrected chi connectivity index (χ1v) is 10.9. The number of hydrogen-bond donors (Lipinski definition) is 1. The fourth-order valence-electron chi connectivity index (χ4n) is 3.45. The summed E-state index contributed by atoms with van der Waals surface area (Å²) in [4.78, 5) is 16.0. The maximum Gasteiger partial charge on any atom is 0.281 e. The zero-order valence-corrected chi connectivity index (χ0v) is 16.8. The molecule has 160 valence electrons. The van der Waals surface area contributed by atoms with Crippen LogP contribution in [0, 0.1) is 12.9 Å². The Morgan fingerprint density at radius 1 is 1.20 bits per heavy atom. The van der Waals surface area contributed by atoms with E-state index in [4.69, 9.17) is 4.74 Å². The van der Waals surface area contributed by atoms with Crippen molar-refractivity contribution in [1.29, 1.82) is 0 Å². The molecule has 4 rings (SSSR count). The SMILES string of the molecule is Cc1ccc(C2CC(F)(F)C2)c(OC2(C(=O)NS(=O)(=O)c3cccc(F)n3)CC2)c1. The Hall–Kier alpha value is -2.62. The number of rotatable bonds is 6. The number of amides is 1. The van der Waals surface area contributed by atoms with Gasteiger partial charge in [0.2, 0.25) is 11.9 Å². The molecule has 2 fully saturated rings. The summed E-state index contributed by atoms with van der Waals surface area (Å²) < 4.78 is 72.5. The fraction of sp³-hybridized carbons (Fsp3) is 0.400. The van der Waals surface area contributed by atoms with Gasteiger partial charge in [-0.2, -0.15) is 12.8 Å². The molecule has 0 spiro atoms. The molecule has 10 heteroatoms. The van der Waals surface area contributed by atoms with Gasteiger partial charge in [-0.15, -0.1) is 0 Å². The smallest absolute Gasteiger partial charge is 0.281 e. The lowest BCUT2D eigenvalue weighted by molar-refractivity contribution is -0.128. The van der Waals surface area contributed by atoms with Gasteiger partial charge in [-0.1, -0.05) is 18.2 Å². The number of carbonyl (C=O) groups excluding carboxylic acids is 1. The molecule has 1 N–H and O–H groups in total. The molecule has 1 heterocycles. The Morgan fingerprint density at radius 2 is 1.90 bits per heavy atom. The van der Waals surface area contributed by atoms with Crippen LogP contribution >= 0.6 is 0 Å². The first kappa shape index (κ1) is 20.6. The van der Waals surface area contributed by atoms with Crippen molar-refractivity contribution < 1.29 is 31.1 Å². The van der Waals surface area contributed by atoms with Crippen LogP contribution in [0.15, 0.2) is 41.4 Å². The van der Waals surface area contributed by atoms with E-state index in [0.29, 0.717) is 11.3 Å². The second-order valence-corrected chi connectivity index (χ2v) is 9.46. The zero-order chi connectivity index (χ0) is 21.7. The van der Waals surface area contributed by atoms with Gasteiger partial charge in [0.1, 0.15) is 5.75 Å². The number of nitrogens with zero attached hydrogens (tertiary/aromatic N) is 1. The van der Waals surface area contributed by atoms with Crippen molar-refractivity contribution in [3.05, 3.63) is 53.5 Å². The number of hydrogen-bond acceptors (Lipinski definition) is 5. The summed E-state index contributed by atoms with van der Waals surface area (Å²) in [5, 5.41) is -0.625. The average Bonchev–Trinajstić information content (AvgIpc) is 3.40. The molecule has 30 heavy (non-hydrogen) atoms. The van der Waals surface area contributed by atoms with Crippen LogP contribution in [-0.4, -0.2) is 30.8 Å². The van der Waals surface area contributed by atoms with Gasteiger partial charge < -0.3 is 4.74 Å². The van der Waals surface area contributed by atoms with Gasteiger partial charge in [-0.3, -0.25) is 4.79 Å². The number of halogens is 3. The van der Waals surface area contributed by atoms with Crippen molar-refractivity contribution in [2.24, 2.45) is 0 Å². The number of alkyl halides is 2.